The Morgan fingerprint density at radius 2 is 1.86 bits per heavy atom. The Labute approximate surface area is 140 Å². The van der Waals surface area contributed by atoms with Crippen LogP contribution in [0.1, 0.15) is 57.4 Å². The van der Waals surface area contributed by atoms with Crippen LogP contribution in [0.3, 0.4) is 0 Å². The molecule has 1 aromatic carbocycles. The Balaban J connectivity index is 0.00000242. The number of hydrogen-bond acceptors (Lipinski definition) is 2. The van der Waals surface area contributed by atoms with Crippen LogP contribution in [-0.4, -0.2) is 17.5 Å². The molecule has 0 heterocycles. The maximum atomic E-state index is 12.6. The first-order chi connectivity index (χ1) is 10.1. The number of rotatable bonds is 6. The Morgan fingerprint density at radius 1 is 1.23 bits per heavy atom. The highest BCUT2D eigenvalue weighted by atomic mass is 35.5. The van der Waals surface area contributed by atoms with Crippen LogP contribution in [0.25, 0.3) is 0 Å². The van der Waals surface area contributed by atoms with Gasteiger partial charge in [0.05, 0.1) is 5.54 Å². The largest absolute Gasteiger partial charge is 0.351 e. The van der Waals surface area contributed by atoms with E-state index in [0.717, 1.165) is 44.9 Å². The number of hydrogen-bond donors (Lipinski definition) is 2. The van der Waals surface area contributed by atoms with Crippen LogP contribution >= 0.6 is 12.4 Å². The maximum Gasteiger partial charge on any atom is 0.240 e. The molecule has 0 aromatic heterocycles. The molecular weight excluding hydrogens is 296 g/mol. The zero-order chi connectivity index (χ0) is 15.1. The molecule has 124 valence electrons. The first-order valence-corrected chi connectivity index (χ1v) is 8.28. The van der Waals surface area contributed by atoms with Gasteiger partial charge in [0.2, 0.25) is 5.91 Å². The summed E-state index contributed by atoms with van der Waals surface area (Å²) >= 11 is 0. The molecule has 0 aliphatic heterocycles. The fourth-order valence-electron chi connectivity index (χ4n) is 3.21. The van der Waals surface area contributed by atoms with E-state index >= 15 is 0 Å². The second-order valence-electron chi connectivity index (χ2n) is 6.37. The van der Waals surface area contributed by atoms with Crippen molar-refractivity contribution >= 4 is 18.3 Å². The summed E-state index contributed by atoms with van der Waals surface area (Å²) in [5, 5.41) is 3.21. The van der Waals surface area contributed by atoms with Gasteiger partial charge >= 0.3 is 0 Å². The van der Waals surface area contributed by atoms with Gasteiger partial charge in [0.25, 0.3) is 0 Å². The van der Waals surface area contributed by atoms with E-state index in [9.17, 15) is 4.79 Å². The minimum atomic E-state index is -0.638. The molecule has 0 saturated heterocycles. The van der Waals surface area contributed by atoms with Gasteiger partial charge in [0.1, 0.15) is 0 Å². The van der Waals surface area contributed by atoms with Gasteiger partial charge in [-0.05, 0) is 31.2 Å². The minimum absolute atomic E-state index is 0. The smallest absolute Gasteiger partial charge is 0.240 e. The first-order valence-electron chi connectivity index (χ1n) is 8.28. The van der Waals surface area contributed by atoms with Crippen molar-refractivity contribution in [3.63, 3.8) is 0 Å². The lowest BCUT2D eigenvalue weighted by Gasteiger charge is -2.33. The van der Waals surface area contributed by atoms with Crippen molar-refractivity contribution in [3.8, 4) is 0 Å². The van der Waals surface area contributed by atoms with Gasteiger partial charge in [-0.3, -0.25) is 4.79 Å². The van der Waals surface area contributed by atoms with E-state index in [1.165, 1.54) is 12.0 Å². The van der Waals surface area contributed by atoms with E-state index < -0.39 is 5.54 Å². The minimum Gasteiger partial charge on any atom is -0.351 e. The normalized spacial score (nSPS) is 18.1. The average Bonchev–Trinajstić information content (AvgIpc) is 2.49. The lowest BCUT2D eigenvalue weighted by molar-refractivity contribution is -0.128. The SMILES string of the molecule is CCCC(Cc1ccccc1)NC(=O)C1(N)CCCCC1.Cl. The Morgan fingerprint density at radius 3 is 2.45 bits per heavy atom. The van der Waals surface area contributed by atoms with Crippen molar-refractivity contribution in [1.82, 2.24) is 5.32 Å². The van der Waals surface area contributed by atoms with Gasteiger partial charge in [-0.2, -0.15) is 0 Å². The van der Waals surface area contributed by atoms with E-state index in [1.54, 1.807) is 0 Å². The molecule has 1 unspecified atom stereocenters. The second kappa shape index (κ2) is 9.16. The summed E-state index contributed by atoms with van der Waals surface area (Å²) in [6.45, 7) is 2.16. The van der Waals surface area contributed by atoms with Crippen LogP contribution in [0.15, 0.2) is 30.3 Å². The first kappa shape index (κ1) is 19.0. The van der Waals surface area contributed by atoms with Crippen molar-refractivity contribution in [2.75, 3.05) is 0 Å². The molecule has 1 aromatic rings. The molecule has 22 heavy (non-hydrogen) atoms. The molecule has 0 spiro atoms. The third-order valence-electron chi connectivity index (χ3n) is 4.50. The van der Waals surface area contributed by atoms with Crippen molar-refractivity contribution in [2.45, 2.75) is 69.9 Å². The van der Waals surface area contributed by atoms with E-state index in [-0.39, 0.29) is 24.4 Å². The van der Waals surface area contributed by atoms with Crippen molar-refractivity contribution in [2.24, 2.45) is 5.73 Å². The van der Waals surface area contributed by atoms with E-state index in [2.05, 4.69) is 24.4 Å². The number of halogens is 1. The number of nitrogens with two attached hydrogens (primary N) is 1. The Kier molecular flexibility index (Phi) is 7.91. The Hall–Kier alpha value is -1.06. The number of amides is 1. The number of carbonyl (C=O) groups is 1. The summed E-state index contributed by atoms with van der Waals surface area (Å²) in [6, 6.07) is 10.5. The van der Waals surface area contributed by atoms with Crippen molar-refractivity contribution in [3.05, 3.63) is 35.9 Å². The number of nitrogens with one attached hydrogen (secondary N) is 1. The fourth-order valence-corrected chi connectivity index (χ4v) is 3.21. The van der Waals surface area contributed by atoms with Crippen LogP contribution in [0.5, 0.6) is 0 Å². The number of benzene rings is 1. The molecule has 0 radical (unpaired) electrons. The quantitative estimate of drug-likeness (QED) is 0.840. The predicted molar refractivity (Wildman–Crippen MR) is 94.2 cm³/mol. The maximum absolute atomic E-state index is 12.6. The number of carbonyl (C=O) groups excluding carboxylic acids is 1. The standard InChI is InChI=1S/C18H28N2O.ClH/c1-2-9-16(14-15-10-5-3-6-11-15)20-17(21)18(19)12-7-4-8-13-18;/h3,5-6,10-11,16H,2,4,7-9,12-14,19H2,1H3,(H,20,21);1H. The molecule has 4 heteroatoms. The van der Waals surface area contributed by atoms with Gasteiger partial charge in [-0.1, -0.05) is 62.9 Å². The van der Waals surface area contributed by atoms with E-state index in [0.29, 0.717) is 0 Å². The molecule has 1 aliphatic carbocycles. The third kappa shape index (κ3) is 5.29. The zero-order valence-electron chi connectivity index (χ0n) is 13.5. The molecule has 0 bridgehead atoms. The van der Waals surface area contributed by atoms with Crippen LogP contribution in [0, 0.1) is 0 Å². The highest BCUT2D eigenvalue weighted by Crippen LogP contribution is 2.26. The second-order valence-corrected chi connectivity index (χ2v) is 6.37. The monoisotopic (exact) mass is 324 g/mol. The average molecular weight is 325 g/mol. The topological polar surface area (TPSA) is 55.1 Å². The Bertz CT molecular complexity index is 444. The highest BCUT2D eigenvalue weighted by Gasteiger charge is 2.36. The third-order valence-corrected chi connectivity index (χ3v) is 4.50. The summed E-state index contributed by atoms with van der Waals surface area (Å²) < 4.78 is 0. The zero-order valence-corrected chi connectivity index (χ0v) is 14.3. The molecule has 1 amide bonds. The lowest BCUT2D eigenvalue weighted by Crippen LogP contribution is -2.57. The van der Waals surface area contributed by atoms with Crippen LogP contribution in [-0.2, 0) is 11.2 Å². The molecular formula is C18H29ClN2O. The molecule has 1 atom stereocenters. The van der Waals surface area contributed by atoms with Crippen molar-refractivity contribution in [1.29, 1.82) is 0 Å². The summed E-state index contributed by atoms with van der Waals surface area (Å²) in [4.78, 5) is 12.6. The van der Waals surface area contributed by atoms with E-state index in [4.69, 9.17) is 5.73 Å². The van der Waals surface area contributed by atoms with Gasteiger partial charge in [0.15, 0.2) is 0 Å². The molecule has 3 nitrogen and oxygen atoms in total. The van der Waals surface area contributed by atoms with Crippen LogP contribution in [0.4, 0.5) is 0 Å². The molecule has 3 N–H and O–H groups in total. The lowest BCUT2D eigenvalue weighted by atomic mass is 9.81. The highest BCUT2D eigenvalue weighted by molar-refractivity contribution is 5.86. The fraction of sp³-hybridized carbons (Fsp3) is 0.611. The summed E-state index contributed by atoms with van der Waals surface area (Å²) in [5.74, 6) is 0.0524. The van der Waals surface area contributed by atoms with Crippen LogP contribution in [0.2, 0.25) is 0 Å². The van der Waals surface area contributed by atoms with Gasteiger partial charge in [0, 0.05) is 6.04 Å². The van der Waals surface area contributed by atoms with Gasteiger partial charge < -0.3 is 11.1 Å². The van der Waals surface area contributed by atoms with Crippen LogP contribution < -0.4 is 11.1 Å². The van der Waals surface area contributed by atoms with Crippen molar-refractivity contribution < 1.29 is 4.79 Å². The summed E-state index contributed by atoms with van der Waals surface area (Å²) in [7, 11) is 0. The molecule has 1 aliphatic rings. The van der Waals surface area contributed by atoms with E-state index in [1.807, 2.05) is 18.2 Å². The summed E-state index contributed by atoms with van der Waals surface area (Å²) in [6.07, 6.45) is 7.94. The summed E-state index contributed by atoms with van der Waals surface area (Å²) in [5.41, 5.74) is 6.96. The molecule has 1 fully saturated rings. The molecule has 2 rings (SSSR count). The predicted octanol–water partition coefficient (Wildman–Crippen LogP) is 3.60. The molecule has 1 saturated carbocycles. The van der Waals surface area contributed by atoms with Gasteiger partial charge in [-0.25, -0.2) is 0 Å². The van der Waals surface area contributed by atoms with Gasteiger partial charge in [-0.15, -0.1) is 12.4 Å².